The van der Waals surface area contributed by atoms with Crippen molar-refractivity contribution in [3.63, 3.8) is 0 Å². The highest BCUT2D eigenvalue weighted by atomic mass is 16.3. The summed E-state index contributed by atoms with van der Waals surface area (Å²) in [4.78, 5) is 1.48. The van der Waals surface area contributed by atoms with Gasteiger partial charge in [-0.1, -0.05) is 80.4 Å². The zero-order valence-electron chi connectivity index (χ0n) is 14.8. The Morgan fingerprint density at radius 3 is 1.71 bits per heavy atom. The highest BCUT2D eigenvalue weighted by Gasteiger charge is 2.29. The molecule has 2 nitrogen and oxygen atoms in total. The van der Waals surface area contributed by atoms with Gasteiger partial charge in [0.1, 0.15) is 6.54 Å². The summed E-state index contributed by atoms with van der Waals surface area (Å²) in [6, 6.07) is 19.4. The van der Waals surface area contributed by atoms with Crippen molar-refractivity contribution in [2.45, 2.75) is 32.3 Å². The molecular formula is C22H28NO+. The van der Waals surface area contributed by atoms with Crippen LogP contribution in [0.2, 0.25) is 0 Å². The van der Waals surface area contributed by atoms with Gasteiger partial charge in [-0.05, 0) is 18.8 Å². The molecule has 0 aromatic heterocycles. The quantitative estimate of drug-likeness (QED) is 0.753. The second-order valence-electron chi connectivity index (χ2n) is 6.17. The topological polar surface area (TPSA) is 24.7 Å². The molecule has 0 aliphatic heterocycles. The van der Waals surface area contributed by atoms with Gasteiger partial charge in [-0.2, -0.15) is 0 Å². The van der Waals surface area contributed by atoms with Crippen LogP contribution in [-0.4, -0.2) is 24.7 Å². The van der Waals surface area contributed by atoms with E-state index in [4.69, 9.17) is 0 Å². The third-order valence-electron chi connectivity index (χ3n) is 4.20. The Labute approximate surface area is 146 Å². The number of rotatable bonds is 7. The smallest absolute Gasteiger partial charge is 0.177 e. The molecule has 0 saturated carbocycles. The summed E-state index contributed by atoms with van der Waals surface area (Å²) in [6.07, 6.45) is 2.30. The fraction of sp³-hybridized carbons (Fsp3) is 0.364. The molecule has 0 unspecified atom stereocenters. The number of hydrogen-bond acceptors (Lipinski definition) is 1. The maximum atomic E-state index is 11.3. The minimum Gasteiger partial charge on any atom is -0.369 e. The first kappa shape index (κ1) is 18.3. The molecule has 0 radical (unpaired) electrons. The molecule has 0 saturated heterocycles. The second-order valence-corrected chi connectivity index (χ2v) is 6.17. The highest BCUT2D eigenvalue weighted by Crippen LogP contribution is 2.28. The Balaban J connectivity index is 2.30. The molecule has 2 heteroatoms. The maximum absolute atomic E-state index is 11.3. The molecule has 2 rings (SSSR count). The van der Waals surface area contributed by atoms with Gasteiger partial charge in [0.25, 0.3) is 0 Å². The average Bonchev–Trinajstić information content (AvgIpc) is 2.63. The Hall–Kier alpha value is -2.08. The minimum absolute atomic E-state index is 0.768. The number of hydrogen-bond donors (Lipinski definition) is 2. The van der Waals surface area contributed by atoms with Gasteiger partial charge in [-0.25, -0.2) is 0 Å². The van der Waals surface area contributed by atoms with Crippen molar-refractivity contribution in [2.24, 2.45) is 0 Å². The van der Waals surface area contributed by atoms with Crippen LogP contribution in [0.3, 0.4) is 0 Å². The average molecular weight is 322 g/mol. The molecule has 0 spiro atoms. The van der Waals surface area contributed by atoms with Crippen LogP contribution in [0.15, 0.2) is 60.7 Å². The van der Waals surface area contributed by atoms with Crippen molar-refractivity contribution in [2.75, 3.05) is 19.6 Å². The first-order valence-corrected chi connectivity index (χ1v) is 8.87. The van der Waals surface area contributed by atoms with Crippen molar-refractivity contribution in [3.05, 3.63) is 71.8 Å². The zero-order valence-corrected chi connectivity index (χ0v) is 14.8. The molecule has 126 valence electrons. The Kier molecular flexibility index (Phi) is 7.06. The summed E-state index contributed by atoms with van der Waals surface area (Å²) in [6.45, 7) is 7.42. The van der Waals surface area contributed by atoms with Crippen molar-refractivity contribution in [1.29, 1.82) is 0 Å². The van der Waals surface area contributed by atoms with E-state index in [1.165, 1.54) is 4.90 Å². The third-order valence-corrected chi connectivity index (χ3v) is 4.20. The second kappa shape index (κ2) is 9.27. The van der Waals surface area contributed by atoms with E-state index in [9.17, 15) is 5.11 Å². The lowest BCUT2D eigenvalue weighted by molar-refractivity contribution is -0.892. The number of benzene rings is 2. The number of aliphatic hydroxyl groups is 1. The summed E-state index contributed by atoms with van der Waals surface area (Å²) in [5.41, 5.74) is 0.374. The number of nitrogens with one attached hydrogen (secondary N) is 1. The fourth-order valence-electron chi connectivity index (χ4n) is 2.98. The highest BCUT2D eigenvalue weighted by molar-refractivity contribution is 5.44. The predicted octanol–water partition coefficient (Wildman–Crippen LogP) is 2.63. The molecule has 0 atom stereocenters. The minimum atomic E-state index is -1.26. The molecule has 2 N–H and O–H groups in total. The largest absolute Gasteiger partial charge is 0.369 e. The molecule has 24 heavy (non-hydrogen) atoms. The van der Waals surface area contributed by atoms with Gasteiger partial charge in [0, 0.05) is 11.1 Å². The van der Waals surface area contributed by atoms with Crippen LogP contribution >= 0.6 is 0 Å². The Bertz CT molecular complexity index is 609. The zero-order chi connectivity index (χ0) is 17.3. The summed E-state index contributed by atoms with van der Waals surface area (Å²) >= 11 is 0. The van der Waals surface area contributed by atoms with Crippen molar-refractivity contribution in [3.8, 4) is 11.8 Å². The lowest BCUT2D eigenvalue weighted by atomic mass is 9.87. The van der Waals surface area contributed by atoms with E-state index in [0.717, 1.165) is 43.6 Å². The molecule has 0 heterocycles. The Morgan fingerprint density at radius 2 is 1.29 bits per heavy atom. The van der Waals surface area contributed by atoms with E-state index >= 15 is 0 Å². The monoisotopic (exact) mass is 322 g/mol. The van der Waals surface area contributed by atoms with Crippen molar-refractivity contribution in [1.82, 2.24) is 0 Å². The summed E-state index contributed by atoms with van der Waals surface area (Å²) < 4.78 is 0. The first-order valence-electron chi connectivity index (χ1n) is 8.87. The number of quaternary nitrogens is 1. The van der Waals surface area contributed by atoms with Gasteiger partial charge in [-0.15, -0.1) is 0 Å². The van der Waals surface area contributed by atoms with E-state index in [2.05, 4.69) is 25.7 Å². The maximum Gasteiger partial charge on any atom is 0.177 e. The molecule has 0 bridgehead atoms. The van der Waals surface area contributed by atoms with Crippen LogP contribution in [0.25, 0.3) is 0 Å². The van der Waals surface area contributed by atoms with E-state index in [0.29, 0.717) is 0 Å². The normalized spacial score (nSPS) is 11.2. The standard InChI is InChI=1S/C22H27NO/c1-3-17-23(18-4-2)19-11-16-22(24,20-12-7-5-8-13-20)21-14-9-6-10-15-21/h5-10,12-15,24H,3-4,17-19H2,1-2H3/p+1. The van der Waals surface area contributed by atoms with Gasteiger partial charge in [0.05, 0.1) is 13.1 Å². The van der Waals surface area contributed by atoms with Gasteiger partial charge < -0.3 is 10.0 Å². The molecule has 2 aromatic rings. The summed E-state index contributed by atoms with van der Waals surface area (Å²) in [5.74, 6) is 6.42. The molecule has 0 aliphatic carbocycles. The van der Waals surface area contributed by atoms with Gasteiger partial charge in [0.2, 0.25) is 0 Å². The lowest BCUT2D eigenvalue weighted by Gasteiger charge is -2.23. The van der Waals surface area contributed by atoms with Crippen LogP contribution in [0.5, 0.6) is 0 Å². The van der Waals surface area contributed by atoms with Crippen LogP contribution < -0.4 is 4.90 Å². The first-order chi connectivity index (χ1) is 11.7. The third kappa shape index (κ3) is 4.71. The van der Waals surface area contributed by atoms with E-state index < -0.39 is 5.60 Å². The molecule has 0 aliphatic rings. The molecule has 2 aromatic carbocycles. The Morgan fingerprint density at radius 1 is 0.833 bits per heavy atom. The van der Waals surface area contributed by atoms with Crippen LogP contribution in [-0.2, 0) is 5.60 Å². The van der Waals surface area contributed by atoms with E-state index in [1.807, 2.05) is 60.7 Å². The molecule has 0 fully saturated rings. The molecule has 0 amide bonds. The van der Waals surface area contributed by atoms with Crippen molar-refractivity contribution >= 4 is 0 Å². The van der Waals surface area contributed by atoms with Crippen LogP contribution in [0.1, 0.15) is 37.8 Å². The summed E-state index contributed by atoms with van der Waals surface area (Å²) in [7, 11) is 0. The van der Waals surface area contributed by atoms with E-state index in [1.54, 1.807) is 0 Å². The van der Waals surface area contributed by atoms with Crippen molar-refractivity contribution < 1.29 is 10.0 Å². The SMILES string of the molecule is CCC[NH+](CC#CC(O)(c1ccccc1)c1ccccc1)CCC. The lowest BCUT2D eigenvalue weighted by Crippen LogP contribution is -3.11. The van der Waals surface area contributed by atoms with Crippen LogP contribution in [0, 0.1) is 11.8 Å². The summed E-state index contributed by atoms with van der Waals surface area (Å²) in [5, 5.41) is 11.3. The van der Waals surface area contributed by atoms with Gasteiger partial charge in [0.15, 0.2) is 5.60 Å². The fourth-order valence-corrected chi connectivity index (χ4v) is 2.98. The van der Waals surface area contributed by atoms with E-state index in [-0.39, 0.29) is 0 Å². The predicted molar refractivity (Wildman–Crippen MR) is 99.8 cm³/mol. The van der Waals surface area contributed by atoms with Gasteiger partial charge >= 0.3 is 0 Å². The van der Waals surface area contributed by atoms with Gasteiger partial charge in [-0.3, -0.25) is 0 Å². The van der Waals surface area contributed by atoms with Crippen LogP contribution in [0.4, 0.5) is 0 Å². The molecular weight excluding hydrogens is 294 g/mol.